The maximum Gasteiger partial charge on any atom is 0.328 e. The van der Waals surface area contributed by atoms with Crippen LogP contribution < -0.4 is 10.2 Å². The number of ether oxygens (including phenoxy) is 1. The molecule has 130 valence electrons. The molecule has 0 amide bonds. The minimum Gasteiger partial charge on any atom is -0.464 e. The lowest BCUT2D eigenvalue weighted by molar-refractivity contribution is -0.144. The number of ketones is 1. The summed E-state index contributed by atoms with van der Waals surface area (Å²) in [5.74, 6) is 0.189. The third-order valence-electron chi connectivity index (χ3n) is 5.03. The number of nitrogens with one attached hydrogen (secondary N) is 1. The van der Waals surface area contributed by atoms with Crippen LogP contribution in [-0.2, 0) is 14.3 Å². The Morgan fingerprint density at radius 3 is 2.38 bits per heavy atom. The molecule has 2 saturated heterocycles. The molecule has 2 fully saturated rings. The van der Waals surface area contributed by atoms with E-state index < -0.39 is 0 Å². The molecule has 2 bridgehead atoms. The van der Waals surface area contributed by atoms with E-state index in [0.29, 0.717) is 43.7 Å². The fourth-order valence-electron chi connectivity index (χ4n) is 3.89. The van der Waals surface area contributed by atoms with Gasteiger partial charge in [0.1, 0.15) is 11.8 Å². The number of anilines is 2. The van der Waals surface area contributed by atoms with Crippen LogP contribution in [0.25, 0.3) is 0 Å². The summed E-state index contributed by atoms with van der Waals surface area (Å²) in [7, 11) is 0. The first-order chi connectivity index (χ1) is 11.6. The number of piperidine rings is 1. The third kappa shape index (κ3) is 3.40. The molecular formula is C19H26N2O3. The Labute approximate surface area is 143 Å². The molecule has 1 aromatic carbocycles. The first-order valence-corrected chi connectivity index (χ1v) is 8.95. The highest BCUT2D eigenvalue weighted by Gasteiger charge is 2.40. The summed E-state index contributed by atoms with van der Waals surface area (Å²) in [6.45, 7) is 4.18. The van der Waals surface area contributed by atoms with Crippen molar-refractivity contribution in [3.05, 3.63) is 24.3 Å². The van der Waals surface area contributed by atoms with Crippen molar-refractivity contribution in [2.45, 2.75) is 64.1 Å². The number of nitrogens with zero attached hydrogens (tertiary/aromatic N) is 1. The average molecular weight is 330 g/mol. The zero-order valence-electron chi connectivity index (χ0n) is 14.5. The number of fused-ring (bicyclic) bond motifs is 2. The summed E-state index contributed by atoms with van der Waals surface area (Å²) in [5.41, 5.74) is 2.09. The van der Waals surface area contributed by atoms with Gasteiger partial charge in [-0.15, -0.1) is 0 Å². The van der Waals surface area contributed by atoms with Crippen molar-refractivity contribution in [3.8, 4) is 0 Å². The maximum atomic E-state index is 11.9. The molecule has 1 N–H and O–H groups in total. The van der Waals surface area contributed by atoms with Crippen molar-refractivity contribution >= 4 is 23.1 Å². The van der Waals surface area contributed by atoms with Gasteiger partial charge in [-0.05, 0) is 50.5 Å². The van der Waals surface area contributed by atoms with Crippen LogP contribution >= 0.6 is 0 Å². The molecule has 2 aliphatic rings. The van der Waals surface area contributed by atoms with Crippen LogP contribution in [0.2, 0.25) is 0 Å². The van der Waals surface area contributed by atoms with E-state index in [2.05, 4.69) is 22.3 Å². The number of benzene rings is 1. The molecule has 5 nitrogen and oxygen atoms in total. The van der Waals surface area contributed by atoms with Crippen LogP contribution in [0.1, 0.15) is 46.0 Å². The minimum absolute atomic E-state index is 0.211. The lowest BCUT2D eigenvalue weighted by Gasteiger charge is -2.36. The highest BCUT2D eigenvalue weighted by Crippen LogP contribution is 2.38. The minimum atomic E-state index is -0.320. The molecule has 0 radical (unpaired) electrons. The Balaban J connectivity index is 1.67. The molecule has 2 aliphatic heterocycles. The molecule has 0 aliphatic carbocycles. The van der Waals surface area contributed by atoms with Crippen LogP contribution in [0, 0.1) is 0 Å². The number of Topliss-reactive ketones (excluding diaryl/α,β-unsaturated/α-hetero) is 1. The van der Waals surface area contributed by atoms with E-state index in [0.717, 1.165) is 18.5 Å². The normalized spacial score (nSPS) is 23.9. The number of carbonyl (C=O) groups is 2. The summed E-state index contributed by atoms with van der Waals surface area (Å²) < 4.78 is 5.09. The monoisotopic (exact) mass is 330 g/mol. The van der Waals surface area contributed by atoms with Crippen molar-refractivity contribution in [1.29, 1.82) is 0 Å². The quantitative estimate of drug-likeness (QED) is 0.812. The van der Waals surface area contributed by atoms with Crippen molar-refractivity contribution in [1.82, 2.24) is 0 Å². The van der Waals surface area contributed by atoms with Gasteiger partial charge in [0.15, 0.2) is 0 Å². The van der Waals surface area contributed by atoms with Gasteiger partial charge in [0.2, 0.25) is 0 Å². The second-order valence-corrected chi connectivity index (χ2v) is 6.64. The number of carbonyl (C=O) groups excluding carboxylic acids is 2. The molecule has 0 spiro atoms. The summed E-state index contributed by atoms with van der Waals surface area (Å²) in [5, 5.41) is 3.24. The third-order valence-corrected chi connectivity index (χ3v) is 5.03. The van der Waals surface area contributed by atoms with E-state index in [4.69, 9.17) is 4.74 Å². The molecule has 0 aromatic heterocycles. The predicted octanol–water partition coefficient (Wildman–Crippen LogP) is 3.14. The van der Waals surface area contributed by atoms with Crippen molar-refractivity contribution in [3.63, 3.8) is 0 Å². The van der Waals surface area contributed by atoms with Gasteiger partial charge >= 0.3 is 5.97 Å². The number of rotatable bonds is 6. The van der Waals surface area contributed by atoms with Gasteiger partial charge in [-0.3, -0.25) is 4.79 Å². The van der Waals surface area contributed by atoms with Crippen LogP contribution in [0.4, 0.5) is 11.4 Å². The zero-order valence-corrected chi connectivity index (χ0v) is 14.5. The summed E-state index contributed by atoms with van der Waals surface area (Å²) in [4.78, 5) is 26.0. The van der Waals surface area contributed by atoms with Gasteiger partial charge in [-0.2, -0.15) is 0 Å². The number of esters is 1. The molecule has 0 saturated carbocycles. The van der Waals surface area contributed by atoms with E-state index >= 15 is 0 Å². The lowest BCUT2D eigenvalue weighted by atomic mass is 10.0. The highest BCUT2D eigenvalue weighted by atomic mass is 16.5. The smallest absolute Gasteiger partial charge is 0.328 e. The van der Waals surface area contributed by atoms with Crippen LogP contribution in [0.3, 0.4) is 0 Å². The second kappa shape index (κ2) is 7.24. The predicted molar refractivity (Wildman–Crippen MR) is 94.3 cm³/mol. The Morgan fingerprint density at radius 2 is 1.83 bits per heavy atom. The summed E-state index contributed by atoms with van der Waals surface area (Å²) in [6, 6.07) is 8.58. The molecule has 3 atom stereocenters. The van der Waals surface area contributed by atoms with Gasteiger partial charge in [0, 0.05) is 36.3 Å². The van der Waals surface area contributed by atoms with Crippen molar-refractivity contribution < 1.29 is 14.3 Å². The highest BCUT2D eigenvalue weighted by molar-refractivity contribution is 5.83. The van der Waals surface area contributed by atoms with Crippen molar-refractivity contribution in [2.75, 3.05) is 16.8 Å². The first-order valence-electron chi connectivity index (χ1n) is 8.95. The van der Waals surface area contributed by atoms with Crippen LogP contribution in [-0.4, -0.2) is 36.5 Å². The van der Waals surface area contributed by atoms with Crippen molar-refractivity contribution in [2.24, 2.45) is 0 Å². The number of hydrogen-bond donors (Lipinski definition) is 1. The Morgan fingerprint density at radius 1 is 1.21 bits per heavy atom. The van der Waals surface area contributed by atoms with E-state index in [9.17, 15) is 9.59 Å². The maximum absolute atomic E-state index is 11.9. The van der Waals surface area contributed by atoms with E-state index in [1.807, 2.05) is 26.0 Å². The van der Waals surface area contributed by atoms with E-state index in [-0.39, 0.29) is 12.0 Å². The second-order valence-electron chi connectivity index (χ2n) is 6.64. The van der Waals surface area contributed by atoms with E-state index in [1.165, 1.54) is 5.69 Å². The number of hydrogen-bond acceptors (Lipinski definition) is 5. The Bertz CT molecular complexity index is 583. The molecule has 3 unspecified atom stereocenters. The fourth-order valence-corrected chi connectivity index (χ4v) is 3.89. The molecule has 3 rings (SSSR count). The van der Waals surface area contributed by atoms with Crippen LogP contribution in [0.5, 0.6) is 0 Å². The summed E-state index contributed by atoms with van der Waals surface area (Å²) >= 11 is 0. The first kappa shape index (κ1) is 16.8. The van der Waals surface area contributed by atoms with Crippen LogP contribution in [0.15, 0.2) is 24.3 Å². The lowest BCUT2D eigenvalue weighted by Crippen LogP contribution is -2.43. The molecule has 24 heavy (non-hydrogen) atoms. The largest absolute Gasteiger partial charge is 0.464 e. The fraction of sp³-hybridized carbons (Fsp3) is 0.579. The Hall–Kier alpha value is -2.04. The van der Waals surface area contributed by atoms with Gasteiger partial charge in [-0.1, -0.05) is 6.92 Å². The zero-order chi connectivity index (χ0) is 17.1. The SMILES string of the molecule is CCOC(=O)C(CC)Nc1ccc(N2C3CCC2CC(=O)C3)cc1. The Kier molecular flexibility index (Phi) is 5.07. The van der Waals surface area contributed by atoms with Gasteiger partial charge in [0.05, 0.1) is 6.61 Å². The van der Waals surface area contributed by atoms with Gasteiger partial charge < -0.3 is 15.0 Å². The summed E-state index contributed by atoms with van der Waals surface area (Å²) in [6.07, 6.45) is 4.25. The average Bonchev–Trinajstić information content (AvgIpc) is 2.85. The van der Waals surface area contributed by atoms with E-state index in [1.54, 1.807) is 0 Å². The standard InChI is InChI=1S/C19H26N2O3/c1-3-18(19(23)24-4-2)20-13-5-7-14(8-6-13)21-15-9-10-16(21)12-17(22)11-15/h5-8,15-16,18,20H,3-4,9-12H2,1-2H3. The molecular weight excluding hydrogens is 304 g/mol. The van der Waals surface area contributed by atoms with Gasteiger partial charge in [-0.25, -0.2) is 4.79 Å². The van der Waals surface area contributed by atoms with Gasteiger partial charge in [0.25, 0.3) is 0 Å². The molecule has 2 heterocycles. The topological polar surface area (TPSA) is 58.6 Å². The molecule has 5 heteroatoms. The molecule has 1 aromatic rings.